The Hall–Kier alpha value is -0.000519. The monoisotopic (exact) mass is 216 g/mol. The van der Waals surface area contributed by atoms with E-state index in [0.29, 0.717) is 19.9 Å². The average molecular weight is 215 g/mol. The molecule has 1 heterocycles. The van der Waals surface area contributed by atoms with Crippen LogP contribution in [-0.4, -0.2) is 14.5 Å². The van der Waals surface area contributed by atoms with Gasteiger partial charge in [-0.05, 0) is 0 Å². The first-order valence-corrected chi connectivity index (χ1v) is 5.74. The van der Waals surface area contributed by atoms with Gasteiger partial charge in [0.1, 0.15) is 0 Å². The molecule has 0 nitrogen and oxygen atoms in total. The third kappa shape index (κ3) is 3.26. The van der Waals surface area contributed by atoms with Gasteiger partial charge in [-0.1, -0.05) is 0 Å². The molecular formula is C10H16Se. The van der Waals surface area contributed by atoms with Gasteiger partial charge >= 0.3 is 75.0 Å². The van der Waals surface area contributed by atoms with Crippen molar-refractivity contribution in [3.63, 3.8) is 0 Å². The van der Waals surface area contributed by atoms with E-state index in [4.69, 9.17) is 0 Å². The summed E-state index contributed by atoms with van der Waals surface area (Å²) in [6.45, 7) is 9.14. The minimum atomic E-state index is 0.464. The Bertz CT molecular complexity index is 227. The van der Waals surface area contributed by atoms with E-state index in [-0.39, 0.29) is 0 Å². The van der Waals surface area contributed by atoms with Gasteiger partial charge in [0.25, 0.3) is 0 Å². The molecule has 0 saturated carbocycles. The van der Waals surface area contributed by atoms with Gasteiger partial charge < -0.3 is 0 Å². The molecule has 0 N–H and O–H groups in total. The van der Waals surface area contributed by atoms with Crippen LogP contribution >= 0.6 is 0 Å². The number of rotatable bonds is 1. The van der Waals surface area contributed by atoms with Gasteiger partial charge in [-0.25, -0.2) is 0 Å². The van der Waals surface area contributed by atoms with Crippen molar-refractivity contribution in [2.75, 3.05) is 0 Å². The molecular weight excluding hydrogens is 199 g/mol. The Morgan fingerprint density at radius 3 is 2.27 bits per heavy atom. The molecule has 0 aromatic carbocycles. The van der Waals surface area contributed by atoms with E-state index in [1.54, 1.807) is 8.87 Å². The maximum atomic E-state index is 2.31. The fourth-order valence-corrected chi connectivity index (χ4v) is 3.60. The summed E-state index contributed by atoms with van der Waals surface area (Å²) in [6.07, 6.45) is 1.26. The first-order chi connectivity index (χ1) is 4.97. The van der Waals surface area contributed by atoms with Gasteiger partial charge in [-0.2, -0.15) is 0 Å². The molecule has 0 atom stereocenters. The van der Waals surface area contributed by atoms with Crippen molar-refractivity contribution in [3.05, 3.63) is 21.0 Å². The Labute approximate surface area is 75.4 Å². The molecule has 0 bridgehead atoms. The second kappa shape index (κ2) is 3.16. The number of aryl methyl sites for hydroxylation is 1. The molecule has 62 valence electrons. The molecule has 0 aliphatic heterocycles. The van der Waals surface area contributed by atoms with Crippen molar-refractivity contribution in [1.29, 1.82) is 0 Å². The van der Waals surface area contributed by atoms with Crippen LogP contribution in [0.1, 0.15) is 29.6 Å². The Kier molecular flexibility index (Phi) is 2.61. The Morgan fingerprint density at radius 2 is 1.91 bits per heavy atom. The van der Waals surface area contributed by atoms with Gasteiger partial charge in [-0.15, -0.1) is 0 Å². The van der Waals surface area contributed by atoms with Crippen molar-refractivity contribution in [1.82, 2.24) is 0 Å². The van der Waals surface area contributed by atoms with E-state index in [9.17, 15) is 0 Å². The summed E-state index contributed by atoms with van der Waals surface area (Å²) in [5.41, 5.74) is 0.464. The van der Waals surface area contributed by atoms with E-state index in [2.05, 4.69) is 39.8 Å². The van der Waals surface area contributed by atoms with Crippen LogP contribution in [0.15, 0.2) is 12.1 Å². The Morgan fingerprint density at radius 1 is 1.27 bits per heavy atom. The predicted octanol–water partition coefficient (Wildman–Crippen LogP) is 2.64. The van der Waals surface area contributed by atoms with E-state index in [1.165, 1.54) is 6.42 Å². The second-order valence-electron chi connectivity index (χ2n) is 4.25. The molecule has 0 amide bonds. The molecule has 1 heteroatoms. The van der Waals surface area contributed by atoms with Crippen LogP contribution in [-0.2, 0) is 6.42 Å². The quantitative estimate of drug-likeness (QED) is 0.632. The summed E-state index contributed by atoms with van der Waals surface area (Å²) < 4.78 is 3.22. The zero-order chi connectivity index (χ0) is 8.48. The van der Waals surface area contributed by atoms with Crippen LogP contribution < -0.4 is 0 Å². The van der Waals surface area contributed by atoms with Crippen LogP contribution in [0.2, 0.25) is 0 Å². The molecule has 0 aliphatic rings. The molecule has 1 aromatic rings. The minimum absolute atomic E-state index is 0.464. The molecule has 0 saturated heterocycles. The van der Waals surface area contributed by atoms with Crippen molar-refractivity contribution < 1.29 is 0 Å². The van der Waals surface area contributed by atoms with E-state index < -0.39 is 0 Å². The van der Waals surface area contributed by atoms with Gasteiger partial charge in [0, 0.05) is 0 Å². The normalized spacial score (nSPS) is 12.0. The van der Waals surface area contributed by atoms with Crippen LogP contribution in [0, 0.1) is 12.3 Å². The summed E-state index contributed by atoms with van der Waals surface area (Å²) in [6, 6.07) is 4.57. The molecule has 1 aromatic heterocycles. The molecule has 0 spiro atoms. The van der Waals surface area contributed by atoms with Gasteiger partial charge in [0.15, 0.2) is 0 Å². The van der Waals surface area contributed by atoms with E-state index in [0.717, 1.165) is 0 Å². The fraction of sp³-hybridized carbons (Fsp3) is 0.600. The van der Waals surface area contributed by atoms with Crippen molar-refractivity contribution in [2.45, 2.75) is 34.1 Å². The summed E-state index contributed by atoms with van der Waals surface area (Å²) in [7, 11) is 0. The number of hydrogen-bond donors (Lipinski definition) is 0. The summed E-state index contributed by atoms with van der Waals surface area (Å²) >= 11 is 0.674. The van der Waals surface area contributed by atoms with Gasteiger partial charge in [-0.3, -0.25) is 0 Å². The van der Waals surface area contributed by atoms with Crippen LogP contribution in [0.4, 0.5) is 0 Å². The van der Waals surface area contributed by atoms with Crippen molar-refractivity contribution in [2.24, 2.45) is 5.41 Å². The van der Waals surface area contributed by atoms with E-state index >= 15 is 0 Å². The van der Waals surface area contributed by atoms with Crippen molar-refractivity contribution in [3.8, 4) is 0 Å². The summed E-state index contributed by atoms with van der Waals surface area (Å²) in [5.74, 6) is 0. The van der Waals surface area contributed by atoms with E-state index in [1.807, 2.05) is 0 Å². The molecule has 0 fully saturated rings. The van der Waals surface area contributed by atoms with Gasteiger partial charge in [0.05, 0.1) is 0 Å². The zero-order valence-corrected chi connectivity index (χ0v) is 9.48. The SMILES string of the molecule is Cc1ccc(CC(C)(C)C)[se]1. The van der Waals surface area contributed by atoms with Crippen molar-refractivity contribution >= 4 is 14.5 Å². The third-order valence-electron chi connectivity index (χ3n) is 1.50. The molecule has 0 unspecified atom stereocenters. The maximum absolute atomic E-state index is 2.31. The van der Waals surface area contributed by atoms with Gasteiger partial charge in [0.2, 0.25) is 0 Å². The van der Waals surface area contributed by atoms with Crippen LogP contribution in [0.3, 0.4) is 0 Å². The third-order valence-corrected chi connectivity index (χ3v) is 3.60. The first-order valence-electron chi connectivity index (χ1n) is 4.03. The summed E-state index contributed by atoms with van der Waals surface area (Å²) in [5, 5.41) is 0. The summed E-state index contributed by atoms with van der Waals surface area (Å²) in [4.78, 5) is 0. The topological polar surface area (TPSA) is 0 Å². The van der Waals surface area contributed by atoms with Crippen LogP contribution in [0.5, 0.6) is 0 Å². The van der Waals surface area contributed by atoms with Crippen LogP contribution in [0.25, 0.3) is 0 Å². The first kappa shape index (κ1) is 9.09. The number of hydrogen-bond acceptors (Lipinski definition) is 0. The fourth-order valence-electron chi connectivity index (χ4n) is 1.10. The zero-order valence-electron chi connectivity index (χ0n) is 7.77. The molecule has 11 heavy (non-hydrogen) atoms. The molecule has 0 aliphatic carbocycles. The molecule has 0 radical (unpaired) electrons. The predicted molar refractivity (Wildman–Crippen MR) is 51.3 cm³/mol. The Balaban J connectivity index is 2.65. The average Bonchev–Trinajstić information content (AvgIpc) is 2.10. The second-order valence-corrected chi connectivity index (χ2v) is 7.13. The molecule has 1 rings (SSSR count). The standard InChI is InChI=1S/C10H16Se/c1-8-5-6-9(11-8)7-10(2,3)4/h5-6H,7H2,1-4H3.